The second kappa shape index (κ2) is 6.39. The van der Waals surface area contributed by atoms with Gasteiger partial charge in [0.1, 0.15) is 4.90 Å². The Hall–Kier alpha value is -0.370. The van der Waals surface area contributed by atoms with Crippen LogP contribution in [-0.4, -0.2) is 37.4 Å². The van der Waals surface area contributed by atoms with Crippen LogP contribution >= 0.6 is 23.2 Å². The molecule has 0 aromatic heterocycles. The number of rotatable bonds is 6. The van der Waals surface area contributed by atoms with Gasteiger partial charge in [-0.05, 0) is 18.6 Å². The first-order chi connectivity index (χ1) is 8.82. The molecule has 0 atom stereocenters. The number of halogens is 2. The number of hydrogen-bond acceptors (Lipinski definition) is 4. The fourth-order valence-electron chi connectivity index (χ4n) is 1.49. The van der Waals surface area contributed by atoms with Crippen LogP contribution in [0.3, 0.4) is 0 Å². The quantitative estimate of drug-likeness (QED) is 0.737. The van der Waals surface area contributed by atoms with Crippen molar-refractivity contribution in [1.82, 2.24) is 4.72 Å². The van der Waals surface area contributed by atoms with E-state index in [1.807, 2.05) is 0 Å². The molecular formula is C11H15Cl2NO4S. The fourth-order valence-corrected chi connectivity index (χ4v) is 4.09. The second-order valence-electron chi connectivity index (χ2n) is 4.11. The SMILES string of the molecule is CCC(CO)(CO)NS(=O)(=O)c1c(Cl)cccc1Cl. The molecule has 0 aliphatic heterocycles. The lowest BCUT2D eigenvalue weighted by molar-refractivity contribution is 0.105. The van der Waals surface area contributed by atoms with E-state index in [1.165, 1.54) is 18.2 Å². The highest BCUT2D eigenvalue weighted by atomic mass is 35.5. The largest absolute Gasteiger partial charge is 0.394 e. The van der Waals surface area contributed by atoms with Gasteiger partial charge in [0.15, 0.2) is 0 Å². The van der Waals surface area contributed by atoms with Crippen LogP contribution in [0.5, 0.6) is 0 Å². The topological polar surface area (TPSA) is 86.6 Å². The molecule has 5 nitrogen and oxygen atoms in total. The molecule has 3 N–H and O–H groups in total. The highest BCUT2D eigenvalue weighted by Gasteiger charge is 2.34. The molecule has 0 amide bonds. The predicted octanol–water partition coefficient (Wildman–Crippen LogP) is 1.41. The Kier molecular flexibility index (Phi) is 5.61. The third-order valence-electron chi connectivity index (χ3n) is 2.82. The predicted molar refractivity (Wildman–Crippen MR) is 74.0 cm³/mol. The van der Waals surface area contributed by atoms with Crippen molar-refractivity contribution < 1.29 is 18.6 Å². The van der Waals surface area contributed by atoms with Crippen molar-refractivity contribution in [1.29, 1.82) is 0 Å². The molecule has 0 aliphatic rings. The van der Waals surface area contributed by atoms with Crippen LogP contribution < -0.4 is 4.72 Å². The normalized spacial score (nSPS) is 12.7. The molecule has 1 rings (SSSR count). The molecular weight excluding hydrogens is 313 g/mol. The average molecular weight is 328 g/mol. The van der Waals surface area contributed by atoms with Gasteiger partial charge in [-0.25, -0.2) is 13.1 Å². The molecule has 0 radical (unpaired) electrons. The van der Waals surface area contributed by atoms with E-state index in [1.54, 1.807) is 6.92 Å². The summed E-state index contributed by atoms with van der Waals surface area (Å²) in [5.74, 6) is 0. The lowest BCUT2D eigenvalue weighted by Gasteiger charge is -2.29. The maximum Gasteiger partial charge on any atom is 0.244 e. The lowest BCUT2D eigenvalue weighted by Crippen LogP contribution is -2.53. The Balaban J connectivity index is 3.26. The van der Waals surface area contributed by atoms with E-state index in [-0.39, 0.29) is 21.4 Å². The first-order valence-corrected chi connectivity index (χ1v) is 7.75. The second-order valence-corrected chi connectivity index (χ2v) is 6.54. The number of sulfonamides is 1. The van der Waals surface area contributed by atoms with Gasteiger partial charge in [0.2, 0.25) is 10.0 Å². The number of aliphatic hydroxyl groups is 2. The summed E-state index contributed by atoms with van der Waals surface area (Å²) in [6.07, 6.45) is 0.210. The number of nitrogens with one attached hydrogen (secondary N) is 1. The molecule has 1 aromatic carbocycles. The van der Waals surface area contributed by atoms with Gasteiger partial charge in [-0.1, -0.05) is 36.2 Å². The van der Waals surface area contributed by atoms with Gasteiger partial charge in [0.05, 0.1) is 28.8 Å². The van der Waals surface area contributed by atoms with Gasteiger partial charge in [-0.15, -0.1) is 0 Å². The first-order valence-electron chi connectivity index (χ1n) is 5.51. The summed E-state index contributed by atoms with van der Waals surface area (Å²) < 4.78 is 26.8. The lowest BCUT2D eigenvalue weighted by atomic mass is 10.0. The van der Waals surface area contributed by atoms with Crippen molar-refractivity contribution in [3.8, 4) is 0 Å². The summed E-state index contributed by atoms with van der Waals surface area (Å²) in [5.41, 5.74) is -1.35. The van der Waals surface area contributed by atoms with Gasteiger partial charge in [-0.2, -0.15) is 0 Å². The number of aliphatic hydroxyl groups excluding tert-OH is 2. The molecule has 0 heterocycles. The van der Waals surface area contributed by atoms with Crippen molar-refractivity contribution in [2.45, 2.75) is 23.8 Å². The molecule has 0 saturated heterocycles. The zero-order valence-corrected chi connectivity index (χ0v) is 12.6. The van der Waals surface area contributed by atoms with Crippen molar-refractivity contribution in [2.24, 2.45) is 0 Å². The first kappa shape index (κ1) is 16.7. The Bertz CT molecular complexity index is 515. The molecule has 0 aliphatic carbocycles. The zero-order valence-electron chi connectivity index (χ0n) is 10.2. The van der Waals surface area contributed by atoms with Gasteiger partial charge in [-0.3, -0.25) is 0 Å². The molecule has 0 unspecified atom stereocenters. The van der Waals surface area contributed by atoms with E-state index in [0.29, 0.717) is 0 Å². The third kappa shape index (κ3) is 3.59. The average Bonchev–Trinajstić information content (AvgIpc) is 2.35. The summed E-state index contributed by atoms with van der Waals surface area (Å²) in [7, 11) is -4.05. The van der Waals surface area contributed by atoms with E-state index in [9.17, 15) is 18.6 Å². The highest BCUT2D eigenvalue weighted by Crippen LogP contribution is 2.30. The summed E-state index contributed by atoms with van der Waals surface area (Å²) in [6, 6.07) is 4.32. The minimum atomic E-state index is -4.05. The Morgan fingerprint density at radius 3 is 2.05 bits per heavy atom. The fraction of sp³-hybridized carbons (Fsp3) is 0.455. The van der Waals surface area contributed by atoms with Gasteiger partial charge < -0.3 is 10.2 Å². The van der Waals surface area contributed by atoms with E-state index >= 15 is 0 Å². The third-order valence-corrected chi connectivity index (χ3v) is 5.35. The molecule has 0 fully saturated rings. The molecule has 0 saturated carbocycles. The van der Waals surface area contributed by atoms with Crippen LogP contribution in [0.15, 0.2) is 23.1 Å². The minimum absolute atomic E-state index is 0.0270. The van der Waals surface area contributed by atoms with Crippen molar-refractivity contribution in [3.05, 3.63) is 28.2 Å². The highest BCUT2D eigenvalue weighted by molar-refractivity contribution is 7.89. The van der Waals surface area contributed by atoms with Crippen molar-refractivity contribution in [2.75, 3.05) is 13.2 Å². The molecule has 1 aromatic rings. The maximum atomic E-state index is 12.3. The zero-order chi connectivity index (χ0) is 14.7. The van der Waals surface area contributed by atoms with Crippen LogP contribution in [0.25, 0.3) is 0 Å². The number of hydrogen-bond donors (Lipinski definition) is 3. The Morgan fingerprint density at radius 1 is 1.21 bits per heavy atom. The Morgan fingerprint density at radius 2 is 1.68 bits per heavy atom. The van der Waals surface area contributed by atoms with Crippen LogP contribution in [0.4, 0.5) is 0 Å². The van der Waals surface area contributed by atoms with Crippen LogP contribution in [0.1, 0.15) is 13.3 Å². The monoisotopic (exact) mass is 327 g/mol. The summed E-state index contributed by atoms with van der Waals surface area (Å²) in [6.45, 7) is 0.561. The summed E-state index contributed by atoms with van der Waals surface area (Å²) >= 11 is 11.7. The van der Waals surface area contributed by atoms with E-state index in [4.69, 9.17) is 23.2 Å². The molecule has 0 spiro atoms. The minimum Gasteiger partial charge on any atom is -0.394 e. The molecule has 19 heavy (non-hydrogen) atoms. The standard InChI is InChI=1S/C11H15Cl2NO4S/c1-2-11(6-15,7-16)14-19(17,18)10-8(12)4-3-5-9(10)13/h3-5,14-16H,2,6-7H2,1H3. The van der Waals surface area contributed by atoms with Crippen molar-refractivity contribution in [3.63, 3.8) is 0 Å². The van der Waals surface area contributed by atoms with E-state index in [2.05, 4.69) is 4.72 Å². The van der Waals surface area contributed by atoms with Crippen LogP contribution in [0.2, 0.25) is 10.0 Å². The van der Waals surface area contributed by atoms with Crippen LogP contribution in [0, 0.1) is 0 Å². The Labute approximate surface area is 122 Å². The number of benzene rings is 1. The molecule has 8 heteroatoms. The van der Waals surface area contributed by atoms with Gasteiger partial charge in [0, 0.05) is 0 Å². The molecule has 108 valence electrons. The smallest absolute Gasteiger partial charge is 0.244 e. The molecule has 0 bridgehead atoms. The van der Waals surface area contributed by atoms with E-state index in [0.717, 1.165) is 0 Å². The van der Waals surface area contributed by atoms with Crippen molar-refractivity contribution >= 4 is 33.2 Å². The van der Waals surface area contributed by atoms with Gasteiger partial charge >= 0.3 is 0 Å². The van der Waals surface area contributed by atoms with E-state index < -0.39 is 28.8 Å². The van der Waals surface area contributed by atoms with Gasteiger partial charge in [0.25, 0.3) is 0 Å². The maximum absolute atomic E-state index is 12.3. The summed E-state index contributed by atoms with van der Waals surface area (Å²) in [4.78, 5) is -0.266. The van der Waals surface area contributed by atoms with Crippen LogP contribution in [-0.2, 0) is 10.0 Å². The summed E-state index contributed by atoms with van der Waals surface area (Å²) in [5, 5.41) is 18.5.